The molecule has 4 N–H and O–H groups in total. The Balaban J connectivity index is 0.00000180. The molecule has 0 saturated carbocycles. The molecular formula is C12H14ClN5O. The van der Waals surface area contributed by atoms with Crippen LogP contribution in [0.15, 0.2) is 35.7 Å². The topological polar surface area (TPSA) is 94.9 Å². The molecule has 1 atom stereocenters. The number of hydrogen-bond donors (Lipinski definition) is 2. The Kier molecular flexibility index (Phi) is 5.35. The molecule has 2 aromatic rings. The molecule has 0 aliphatic carbocycles. The van der Waals surface area contributed by atoms with Gasteiger partial charge in [0.25, 0.3) is 5.91 Å². The molecule has 0 fully saturated rings. The van der Waals surface area contributed by atoms with Gasteiger partial charge in [-0.2, -0.15) is 5.10 Å². The normalized spacial score (nSPS) is 12.1. The van der Waals surface area contributed by atoms with E-state index in [4.69, 9.17) is 0 Å². The van der Waals surface area contributed by atoms with E-state index in [1.54, 1.807) is 25.5 Å². The average molecular weight is 280 g/mol. The summed E-state index contributed by atoms with van der Waals surface area (Å²) in [5.74, 6) is -0.216. The lowest BCUT2D eigenvalue weighted by molar-refractivity contribution is -0.398. The average Bonchev–Trinajstić information content (AvgIpc) is 2.38. The fraction of sp³-hybridized carbons (Fsp3) is 0.167. The van der Waals surface area contributed by atoms with Crippen LogP contribution in [0.4, 0.5) is 0 Å². The number of aromatic nitrogens is 2. The highest BCUT2D eigenvalue weighted by Gasteiger charge is 2.08. The van der Waals surface area contributed by atoms with E-state index in [2.05, 4.69) is 26.2 Å². The molecule has 0 radical (unpaired) electrons. The van der Waals surface area contributed by atoms with Crippen molar-refractivity contribution in [2.24, 2.45) is 5.10 Å². The summed E-state index contributed by atoms with van der Waals surface area (Å²) in [6.45, 7) is 1.70. The predicted molar refractivity (Wildman–Crippen MR) is 67.6 cm³/mol. The third-order valence-electron chi connectivity index (χ3n) is 2.33. The molecule has 0 spiro atoms. The van der Waals surface area contributed by atoms with Gasteiger partial charge >= 0.3 is 0 Å². The first-order chi connectivity index (χ1) is 8.66. The molecular weight excluding hydrogens is 266 g/mol. The molecule has 6 nitrogen and oxygen atoms in total. The second-order valence-corrected chi connectivity index (χ2v) is 3.94. The van der Waals surface area contributed by atoms with Crippen LogP contribution in [0, 0.1) is 0 Å². The van der Waals surface area contributed by atoms with Crippen LogP contribution in [-0.4, -0.2) is 28.1 Å². The van der Waals surface area contributed by atoms with Crippen LogP contribution in [0.25, 0.3) is 11.0 Å². The van der Waals surface area contributed by atoms with Gasteiger partial charge in [-0.3, -0.25) is 14.8 Å². The molecule has 1 amide bonds. The molecule has 0 bridgehead atoms. The Morgan fingerprint density at radius 1 is 1.37 bits per heavy atom. The number of rotatable bonds is 3. The van der Waals surface area contributed by atoms with Gasteiger partial charge in [-0.25, -0.2) is 5.43 Å². The number of nitrogens with zero attached hydrogens (tertiary/aromatic N) is 3. The standard InChI is InChI=1S/C12H13N5O.ClH/c1-8(13)12(18)17-16-7-9-2-3-10-11(6-9)15-5-4-14-10;/h2-8H,13H2,1H3,(H,17,18);1H/t8-;/m0./s1. The van der Waals surface area contributed by atoms with Crippen molar-refractivity contribution in [1.29, 1.82) is 0 Å². The van der Waals surface area contributed by atoms with Crippen LogP contribution >= 0.6 is 0 Å². The van der Waals surface area contributed by atoms with Gasteiger partial charge in [-0.15, -0.1) is 0 Å². The zero-order valence-electron chi connectivity index (χ0n) is 10.4. The third kappa shape index (κ3) is 3.97. The van der Waals surface area contributed by atoms with Crippen molar-refractivity contribution in [3.05, 3.63) is 36.2 Å². The number of carbonyl (C=O) groups excluding carboxylic acids is 1. The summed E-state index contributed by atoms with van der Waals surface area (Å²) in [5.41, 5.74) is 8.47. The molecule has 19 heavy (non-hydrogen) atoms. The molecule has 1 aromatic carbocycles. The van der Waals surface area contributed by atoms with Crippen LogP contribution in [0.3, 0.4) is 0 Å². The zero-order chi connectivity index (χ0) is 13.0. The van der Waals surface area contributed by atoms with Crippen molar-refractivity contribution < 1.29 is 22.9 Å². The van der Waals surface area contributed by atoms with Crippen LogP contribution in [0.5, 0.6) is 0 Å². The van der Waals surface area contributed by atoms with Gasteiger partial charge < -0.3 is 18.1 Å². The quantitative estimate of drug-likeness (QED) is 0.455. The SMILES string of the molecule is C[C@H]([NH3+])C(=O)NN=Cc1ccc2nccnc2c1.[Cl-]. The molecule has 1 aromatic heterocycles. The number of nitrogens with one attached hydrogen (secondary N) is 1. The summed E-state index contributed by atoms with van der Waals surface area (Å²) in [4.78, 5) is 19.6. The number of quaternary nitrogens is 1. The first-order valence-electron chi connectivity index (χ1n) is 5.53. The second kappa shape index (κ2) is 6.77. The highest BCUT2D eigenvalue weighted by molar-refractivity contribution is 5.88. The van der Waals surface area contributed by atoms with Crippen LogP contribution < -0.4 is 23.6 Å². The highest BCUT2D eigenvalue weighted by atomic mass is 35.5. The maximum atomic E-state index is 11.2. The number of halogens is 1. The zero-order valence-corrected chi connectivity index (χ0v) is 11.1. The van der Waals surface area contributed by atoms with Crippen LogP contribution in [0.2, 0.25) is 0 Å². The molecule has 0 aliphatic heterocycles. The van der Waals surface area contributed by atoms with E-state index in [1.165, 1.54) is 0 Å². The van der Waals surface area contributed by atoms with Crippen molar-refractivity contribution >= 4 is 23.2 Å². The Hall–Kier alpha value is -2.05. The summed E-state index contributed by atoms with van der Waals surface area (Å²) in [7, 11) is 0. The van der Waals surface area contributed by atoms with Gasteiger partial charge in [0.05, 0.1) is 17.2 Å². The summed E-state index contributed by atoms with van der Waals surface area (Å²) in [6.07, 6.45) is 4.84. The molecule has 0 aliphatic rings. The Labute approximate surface area is 116 Å². The van der Waals surface area contributed by atoms with E-state index in [1.807, 2.05) is 18.2 Å². The van der Waals surface area contributed by atoms with E-state index in [0.29, 0.717) is 0 Å². The fourth-order valence-corrected chi connectivity index (χ4v) is 1.34. The lowest BCUT2D eigenvalue weighted by atomic mass is 10.2. The van der Waals surface area contributed by atoms with Crippen LogP contribution in [0.1, 0.15) is 12.5 Å². The number of benzene rings is 1. The van der Waals surface area contributed by atoms with E-state index in [0.717, 1.165) is 16.6 Å². The molecule has 0 saturated heterocycles. The van der Waals surface area contributed by atoms with Crippen molar-refractivity contribution in [2.75, 3.05) is 0 Å². The first-order valence-corrected chi connectivity index (χ1v) is 5.53. The Morgan fingerprint density at radius 2 is 2.05 bits per heavy atom. The van der Waals surface area contributed by atoms with E-state index in [-0.39, 0.29) is 24.4 Å². The molecule has 1 heterocycles. The molecule has 7 heteroatoms. The number of carbonyl (C=O) groups is 1. The van der Waals surface area contributed by atoms with E-state index >= 15 is 0 Å². The molecule has 2 rings (SSSR count). The highest BCUT2D eigenvalue weighted by Crippen LogP contribution is 2.08. The Bertz CT molecular complexity index is 599. The predicted octanol–water partition coefficient (Wildman–Crippen LogP) is -3.29. The van der Waals surface area contributed by atoms with Gasteiger partial charge in [-0.1, -0.05) is 6.07 Å². The largest absolute Gasteiger partial charge is 1.00 e. The summed E-state index contributed by atoms with van der Waals surface area (Å²) < 4.78 is 0. The smallest absolute Gasteiger partial charge is 0.297 e. The van der Waals surface area contributed by atoms with Gasteiger partial charge in [-0.05, 0) is 24.6 Å². The van der Waals surface area contributed by atoms with Crippen molar-refractivity contribution in [3.63, 3.8) is 0 Å². The van der Waals surface area contributed by atoms with Gasteiger partial charge in [0, 0.05) is 12.4 Å². The van der Waals surface area contributed by atoms with Crippen LogP contribution in [-0.2, 0) is 4.79 Å². The second-order valence-electron chi connectivity index (χ2n) is 3.94. The number of fused-ring (bicyclic) bond motifs is 1. The lowest BCUT2D eigenvalue weighted by Crippen LogP contribution is -3.00. The van der Waals surface area contributed by atoms with Gasteiger partial charge in [0.2, 0.25) is 0 Å². The molecule has 0 unspecified atom stereocenters. The minimum atomic E-state index is -0.329. The number of hydrazone groups is 1. The van der Waals surface area contributed by atoms with E-state index < -0.39 is 0 Å². The monoisotopic (exact) mass is 279 g/mol. The van der Waals surface area contributed by atoms with Crippen molar-refractivity contribution in [3.8, 4) is 0 Å². The van der Waals surface area contributed by atoms with Gasteiger partial charge in [0.15, 0.2) is 6.04 Å². The lowest BCUT2D eigenvalue weighted by Gasteiger charge is -1.99. The summed E-state index contributed by atoms with van der Waals surface area (Å²) in [5, 5.41) is 3.86. The fourth-order valence-electron chi connectivity index (χ4n) is 1.34. The van der Waals surface area contributed by atoms with Crippen molar-refractivity contribution in [1.82, 2.24) is 15.4 Å². The first kappa shape index (κ1) is 15.0. The minimum absolute atomic E-state index is 0. The minimum Gasteiger partial charge on any atom is -1.00 e. The van der Waals surface area contributed by atoms with Crippen molar-refractivity contribution in [2.45, 2.75) is 13.0 Å². The third-order valence-corrected chi connectivity index (χ3v) is 2.33. The van der Waals surface area contributed by atoms with E-state index in [9.17, 15) is 4.79 Å². The Morgan fingerprint density at radius 3 is 2.74 bits per heavy atom. The maximum Gasteiger partial charge on any atom is 0.297 e. The van der Waals surface area contributed by atoms with Gasteiger partial charge in [0.1, 0.15) is 0 Å². The summed E-state index contributed by atoms with van der Waals surface area (Å²) in [6, 6.07) is 5.24. The summed E-state index contributed by atoms with van der Waals surface area (Å²) >= 11 is 0. The number of amides is 1. The molecule has 100 valence electrons. The maximum absolute atomic E-state index is 11.2. The number of hydrogen-bond acceptors (Lipinski definition) is 4.